The molecule has 0 heterocycles. The van der Waals surface area contributed by atoms with Gasteiger partial charge in [0.1, 0.15) is 5.57 Å². The summed E-state index contributed by atoms with van der Waals surface area (Å²) in [5.74, 6) is -1.27. The van der Waals surface area contributed by atoms with E-state index in [0.29, 0.717) is 6.20 Å². The van der Waals surface area contributed by atoms with Gasteiger partial charge in [-0.2, -0.15) is 0 Å². The molecule has 0 atom stereocenters. The molecule has 0 bridgehead atoms. The summed E-state index contributed by atoms with van der Waals surface area (Å²) in [4.78, 5) is 18.6. The number of carboxylic acid groups (broad SMARTS) is 1. The fourth-order valence-electron chi connectivity index (χ4n) is 0.213. The second-order valence-electron chi connectivity index (χ2n) is 1.40. The van der Waals surface area contributed by atoms with E-state index in [0.717, 1.165) is 6.92 Å². The molecule has 0 rings (SSSR count). The van der Waals surface area contributed by atoms with E-state index < -0.39 is 10.9 Å². The summed E-state index contributed by atoms with van der Waals surface area (Å²) in [5.41, 5.74) is -0.278. The molecule has 0 saturated carbocycles. The average molecular weight is 131 g/mol. The average Bonchev–Trinajstić information content (AvgIpc) is 1.63. The molecule has 0 fully saturated rings. The van der Waals surface area contributed by atoms with Gasteiger partial charge < -0.3 is 5.11 Å². The number of nitro groups is 1. The topological polar surface area (TPSA) is 80.4 Å². The first-order valence-corrected chi connectivity index (χ1v) is 2.09. The Morgan fingerprint density at radius 2 is 2.22 bits per heavy atom. The lowest BCUT2D eigenvalue weighted by molar-refractivity contribution is -0.403. The normalized spacial score (nSPS) is 11.0. The molecular formula is C4H5NO4. The molecule has 0 aromatic carbocycles. The third kappa shape index (κ3) is 3.22. The second kappa shape index (κ2) is 2.81. The molecule has 1 N–H and O–H groups in total. The minimum atomic E-state index is -1.27. The molecular weight excluding hydrogens is 126 g/mol. The van der Waals surface area contributed by atoms with Gasteiger partial charge in [0.15, 0.2) is 0 Å². The minimum Gasteiger partial charge on any atom is -0.478 e. The van der Waals surface area contributed by atoms with E-state index in [1.165, 1.54) is 0 Å². The van der Waals surface area contributed by atoms with Crippen LogP contribution in [-0.2, 0) is 4.79 Å². The fourth-order valence-corrected chi connectivity index (χ4v) is 0.213. The molecule has 0 amide bonds. The Bertz CT molecular complexity index is 171. The fraction of sp³-hybridized carbons (Fsp3) is 0.250. The summed E-state index contributed by atoms with van der Waals surface area (Å²) in [5, 5.41) is 17.6. The highest BCUT2D eigenvalue weighted by Gasteiger charge is 2.03. The van der Waals surface area contributed by atoms with Gasteiger partial charge in [-0.05, 0) is 6.92 Å². The molecule has 0 aromatic heterocycles. The zero-order chi connectivity index (χ0) is 7.44. The quantitative estimate of drug-likeness (QED) is 0.331. The molecule has 0 aliphatic carbocycles. The predicted molar refractivity (Wildman–Crippen MR) is 28.4 cm³/mol. The van der Waals surface area contributed by atoms with Crippen LogP contribution in [-0.4, -0.2) is 16.0 Å². The van der Waals surface area contributed by atoms with Crippen molar-refractivity contribution >= 4 is 5.97 Å². The second-order valence-corrected chi connectivity index (χ2v) is 1.40. The van der Waals surface area contributed by atoms with Crippen LogP contribution in [0.5, 0.6) is 0 Å². The molecule has 9 heavy (non-hydrogen) atoms. The molecule has 0 aliphatic rings. The third-order valence-corrected chi connectivity index (χ3v) is 0.636. The van der Waals surface area contributed by atoms with Gasteiger partial charge in [-0.15, -0.1) is 0 Å². The summed E-state index contributed by atoms with van der Waals surface area (Å²) < 4.78 is 0. The van der Waals surface area contributed by atoms with Crippen LogP contribution in [0.25, 0.3) is 0 Å². The van der Waals surface area contributed by atoms with Crippen molar-refractivity contribution in [2.75, 3.05) is 0 Å². The zero-order valence-corrected chi connectivity index (χ0v) is 4.70. The van der Waals surface area contributed by atoms with Crippen molar-refractivity contribution in [3.63, 3.8) is 0 Å². The van der Waals surface area contributed by atoms with Crippen LogP contribution < -0.4 is 0 Å². The van der Waals surface area contributed by atoms with Crippen LogP contribution in [0.15, 0.2) is 11.8 Å². The molecule has 0 spiro atoms. The monoisotopic (exact) mass is 131 g/mol. The molecule has 0 aromatic rings. The maximum Gasteiger partial charge on any atom is 0.337 e. The van der Waals surface area contributed by atoms with Crippen LogP contribution in [0.3, 0.4) is 0 Å². The molecule has 0 radical (unpaired) electrons. The van der Waals surface area contributed by atoms with Gasteiger partial charge in [-0.3, -0.25) is 10.1 Å². The van der Waals surface area contributed by atoms with Gasteiger partial charge in [0.25, 0.3) is 0 Å². The Labute approximate surface area is 50.8 Å². The van der Waals surface area contributed by atoms with Crippen molar-refractivity contribution in [3.05, 3.63) is 21.9 Å². The van der Waals surface area contributed by atoms with Crippen molar-refractivity contribution in [2.24, 2.45) is 0 Å². The highest BCUT2D eigenvalue weighted by molar-refractivity contribution is 5.85. The smallest absolute Gasteiger partial charge is 0.337 e. The Kier molecular flexibility index (Phi) is 2.37. The summed E-state index contributed by atoms with van der Waals surface area (Å²) in [6.07, 6.45) is 0.447. The van der Waals surface area contributed by atoms with Crippen LogP contribution >= 0.6 is 0 Å². The number of hydrogen-bond donors (Lipinski definition) is 1. The van der Waals surface area contributed by atoms with Gasteiger partial charge in [0, 0.05) is 0 Å². The first kappa shape index (κ1) is 7.61. The third-order valence-electron chi connectivity index (χ3n) is 0.636. The van der Waals surface area contributed by atoms with Gasteiger partial charge in [-0.25, -0.2) is 4.79 Å². The van der Waals surface area contributed by atoms with E-state index in [9.17, 15) is 14.9 Å². The Hall–Kier alpha value is -1.39. The summed E-state index contributed by atoms with van der Waals surface area (Å²) in [6, 6.07) is 0. The highest BCUT2D eigenvalue weighted by Crippen LogP contribution is 1.90. The van der Waals surface area contributed by atoms with E-state index >= 15 is 0 Å². The summed E-state index contributed by atoms with van der Waals surface area (Å²) in [6.45, 7) is 1.16. The molecule has 5 heteroatoms. The van der Waals surface area contributed by atoms with Gasteiger partial charge in [0.2, 0.25) is 6.20 Å². The van der Waals surface area contributed by atoms with Crippen molar-refractivity contribution in [1.82, 2.24) is 0 Å². The van der Waals surface area contributed by atoms with Gasteiger partial charge in [-0.1, -0.05) is 0 Å². The molecule has 50 valence electrons. The zero-order valence-electron chi connectivity index (χ0n) is 4.70. The number of nitrogens with zero attached hydrogens (tertiary/aromatic N) is 1. The van der Waals surface area contributed by atoms with Crippen LogP contribution in [0.4, 0.5) is 0 Å². The highest BCUT2D eigenvalue weighted by atomic mass is 16.6. The molecule has 5 nitrogen and oxygen atoms in total. The largest absolute Gasteiger partial charge is 0.478 e. The minimum absolute atomic E-state index is 0.278. The number of rotatable bonds is 2. The maximum absolute atomic E-state index is 9.86. The van der Waals surface area contributed by atoms with Crippen molar-refractivity contribution in [1.29, 1.82) is 0 Å². The van der Waals surface area contributed by atoms with Crippen LogP contribution in [0, 0.1) is 10.1 Å². The number of hydrogen-bond acceptors (Lipinski definition) is 3. The Balaban J connectivity index is 4.17. The molecule has 0 unspecified atom stereocenters. The lowest BCUT2D eigenvalue weighted by Gasteiger charge is -1.83. The summed E-state index contributed by atoms with van der Waals surface area (Å²) >= 11 is 0. The van der Waals surface area contributed by atoms with E-state index in [1.54, 1.807) is 0 Å². The standard InChI is InChI=1S/C4H5NO4/c1-3(4(6)7)2-5(8)9/h2H,1H3,(H,6,7)/b3-2+. The summed E-state index contributed by atoms with van der Waals surface area (Å²) in [7, 11) is 0. The van der Waals surface area contributed by atoms with Crippen molar-refractivity contribution in [3.8, 4) is 0 Å². The van der Waals surface area contributed by atoms with Gasteiger partial charge >= 0.3 is 5.97 Å². The van der Waals surface area contributed by atoms with E-state index in [2.05, 4.69) is 0 Å². The Morgan fingerprint density at radius 3 is 2.33 bits per heavy atom. The first-order valence-electron chi connectivity index (χ1n) is 2.09. The molecule has 0 aliphatic heterocycles. The van der Waals surface area contributed by atoms with Crippen molar-refractivity contribution < 1.29 is 14.8 Å². The lowest BCUT2D eigenvalue weighted by Crippen LogP contribution is -1.98. The maximum atomic E-state index is 9.86. The number of carboxylic acids is 1. The predicted octanol–water partition coefficient (Wildman–Crippen LogP) is 0.252. The first-order chi connectivity index (χ1) is 4.04. The number of aliphatic carboxylic acids is 1. The number of carbonyl (C=O) groups is 1. The SMILES string of the molecule is C/C(=C\[N+](=O)[O-])C(=O)O. The van der Waals surface area contributed by atoms with Gasteiger partial charge in [0.05, 0.1) is 4.92 Å². The van der Waals surface area contributed by atoms with E-state index in [1.807, 2.05) is 0 Å². The molecule has 0 saturated heterocycles. The van der Waals surface area contributed by atoms with Crippen molar-refractivity contribution in [2.45, 2.75) is 6.92 Å². The van der Waals surface area contributed by atoms with E-state index in [-0.39, 0.29) is 5.57 Å². The Morgan fingerprint density at radius 1 is 1.78 bits per heavy atom. The van der Waals surface area contributed by atoms with E-state index in [4.69, 9.17) is 5.11 Å². The lowest BCUT2D eigenvalue weighted by atomic mass is 10.3. The van der Waals surface area contributed by atoms with Crippen LogP contribution in [0.1, 0.15) is 6.92 Å². The van der Waals surface area contributed by atoms with Crippen LogP contribution in [0.2, 0.25) is 0 Å².